The van der Waals surface area contributed by atoms with Crippen LogP contribution < -0.4 is 68.9 Å². The number of hydrogen-bond donors (Lipinski definition) is 0. The first-order valence-corrected chi connectivity index (χ1v) is 6.48. The van der Waals surface area contributed by atoms with Gasteiger partial charge in [-0.15, -0.1) is 0 Å². The molecule has 0 heterocycles. The van der Waals surface area contributed by atoms with Crippen LogP contribution >= 0.6 is 23.5 Å². The zero-order chi connectivity index (χ0) is 8.74. The summed E-state index contributed by atoms with van der Waals surface area (Å²) >= 11 is 3.26. The molecule has 0 amide bonds. The van der Waals surface area contributed by atoms with Crippen molar-refractivity contribution in [3.05, 3.63) is 0 Å². The fourth-order valence-electron chi connectivity index (χ4n) is 0.753. The molecule has 0 aliphatic carbocycles. The van der Waals surface area contributed by atoms with Crippen LogP contribution in [-0.2, 0) is 4.57 Å². The minimum absolute atomic E-state index is 0. The average Bonchev–Trinajstić information content (AvgIpc) is 1.85. The Morgan fingerprint density at radius 2 is 1.46 bits per heavy atom. The Hall–Kier alpha value is 2.63. The van der Waals surface area contributed by atoms with E-state index in [1.165, 1.54) is 0 Å². The largest absolute Gasteiger partial charge is 1.00 e. The molecule has 0 atom stereocenters. The third-order valence-corrected chi connectivity index (χ3v) is 2.74. The Balaban J connectivity index is -0.000000500. The van der Waals surface area contributed by atoms with Gasteiger partial charge in [0.15, 0.2) is 0 Å². The number of alkyl halides is 1. The van der Waals surface area contributed by atoms with Crippen molar-refractivity contribution in [1.29, 1.82) is 0 Å². The number of halogens is 1. The SMILES string of the molecule is O=P([O-])([O-])CCCCCCBr.[Na+].[Na+]. The Bertz CT molecular complexity index is 142. The number of unbranched alkanes of at least 4 members (excludes halogenated alkanes) is 3. The van der Waals surface area contributed by atoms with E-state index >= 15 is 0 Å². The van der Waals surface area contributed by atoms with Crippen LogP contribution in [0.1, 0.15) is 25.7 Å². The van der Waals surface area contributed by atoms with Gasteiger partial charge in [0.2, 0.25) is 0 Å². The summed E-state index contributed by atoms with van der Waals surface area (Å²) in [6, 6.07) is 0. The maximum atomic E-state index is 10.1. The fraction of sp³-hybridized carbons (Fsp3) is 1.00. The van der Waals surface area contributed by atoms with Crippen LogP contribution in [0.15, 0.2) is 0 Å². The third kappa shape index (κ3) is 20.7. The predicted molar refractivity (Wildman–Crippen MR) is 44.7 cm³/mol. The van der Waals surface area contributed by atoms with Crippen LogP contribution in [-0.4, -0.2) is 11.5 Å². The summed E-state index contributed by atoms with van der Waals surface area (Å²) in [7, 11) is -4.23. The summed E-state index contributed by atoms with van der Waals surface area (Å²) in [6.45, 7) is 0. The van der Waals surface area contributed by atoms with E-state index in [4.69, 9.17) is 0 Å². The second-order valence-corrected chi connectivity index (χ2v) is 4.90. The average molecular weight is 289 g/mol. The maximum absolute atomic E-state index is 10.1. The molecule has 7 heteroatoms. The van der Waals surface area contributed by atoms with E-state index < -0.39 is 7.60 Å². The summed E-state index contributed by atoms with van der Waals surface area (Å²) in [5, 5.41) is 0.944. The molecule has 0 rings (SSSR count). The minimum Gasteiger partial charge on any atom is -0.811 e. The Labute approximate surface area is 132 Å². The van der Waals surface area contributed by atoms with Crippen molar-refractivity contribution in [3.8, 4) is 0 Å². The van der Waals surface area contributed by atoms with E-state index in [2.05, 4.69) is 15.9 Å². The molecule has 0 saturated heterocycles. The van der Waals surface area contributed by atoms with Crippen LogP contribution in [0.25, 0.3) is 0 Å². The van der Waals surface area contributed by atoms with Gasteiger partial charge in [0.05, 0.1) is 0 Å². The quantitative estimate of drug-likeness (QED) is 0.213. The first-order chi connectivity index (χ1) is 5.06. The van der Waals surface area contributed by atoms with Gasteiger partial charge in [0.1, 0.15) is 0 Å². The molecule has 0 saturated carbocycles. The minimum atomic E-state index is -4.23. The number of rotatable bonds is 6. The molecule has 13 heavy (non-hydrogen) atoms. The van der Waals surface area contributed by atoms with E-state index in [0.29, 0.717) is 6.42 Å². The van der Waals surface area contributed by atoms with Gasteiger partial charge in [0, 0.05) is 5.33 Å². The molecular formula is C6H12BrNa2O3P. The van der Waals surface area contributed by atoms with Crippen LogP contribution in [0.2, 0.25) is 0 Å². The van der Waals surface area contributed by atoms with Gasteiger partial charge in [-0.05, 0) is 19.0 Å². The first kappa shape index (κ1) is 21.0. The Morgan fingerprint density at radius 3 is 1.85 bits per heavy atom. The normalized spacial score (nSPS) is 10.1. The molecular weight excluding hydrogens is 277 g/mol. The third-order valence-electron chi connectivity index (χ3n) is 1.32. The van der Waals surface area contributed by atoms with E-state index in [1.54, 1.807) is 0 Å². The molecule has 0 radical (unpaired) electrons. The van der Waals surface area contributed by atoms with Crippen molar-refractivity contribution >= 4 is 23.5 Å². The molecule has 0 N–H and O–H groups in total. The molecule has 0 aliphatic rings. The molecule has 3 nitrogen and oxygen atoms in total. The van der Waals surface area contributed by atoms with Gasteiger partial charge in [-0.3, -0.25) is 0 Å². The standard InChI is InChI=1S/C6H14BrO3P.2Na/c7-5-3-1-2-4-6-11(8,9)10;;/h1-6H2,(H2,8,9,10);;/q;2*+1/p-2. The van der Waals surface area contributed by atoms with Gasteiger partial charge >= 0.3 is 59.1 Å². The summed E-state index contributed by atoms with van der Waals surface area (Å²) < 4.78 is 10.1. The second-order valence-electron chi connectivity index (χ2n) is 2.44. The van der Waals surface area contributed by atoms with Gasteiger partial charge in [-0.1, -0.05) is 36.4 Å². The Kier molecular flexibility index (Phi) is 20.5. The van der Waals surface area contributed by atoms with Gasteiger partial charge in [-0.25, -0.2) is 0 Å². The second kappa shape index (κ2) is 12.7. The van der Waals surface area contributed by atoms with Crippen molar-refractivity contribution in [3.63, 3.8) is 0 Å². The molecule has 0 aromatic heterocycles. The van der Waals surface area contributed by atoms with Crippen molar-refractivity contribution in [2.45, 2.75) is 25.7 Å². The summed E-state index contributed by atoms with van der Waals surface area (Å²) in [5.74, 6) is 0. The van der Waals surface area contributed by atoms with E-state index in [0.717, 1.165) is 24.6 Å². The van der Waals surface area contributed by atoms with Crippen molar-refractivity contribution in [2.75, 3.05) is 11.5 Å². The summed E-state index contributed by atoms with van der Waals surface area (Å²) in [6.07, 6.45) is 3.19. The van der Waals surface area contributed by atoms with Gasteiger partial charge in [-0.2, -0.15) is 0 Å². The Morgan fingerprint density at radius 1 is 1.00 bits per heavy atom. The van der Waals surface area contributed by atoms with Crippen LogP contribution in [0.3, 0.4) is 0 Å². The first-order valence-electron chi connectivity index (χ1n) is 3.63. The van der Waals surface area contributed by atoms with E-state index in [9.17, 15) is 14.4 Å². The number of hydrogen-bond acceptors (Lipinski definition) is 3. The molecule has 0 aromatic rings. The molecule has 0 spiro atoms. The monoisotopic (exact) mass is 288 g/mol. The predicted octanol–water partition coefficient (Wildman–Crippen LogP) is -5.14. The summed E-state index contributed by atoms with van der Waals surface area (Å²) in [5.41, 5.74) is 0. The van der Waals surface area contributed by atoms with Crippen LogP contribution in [0.5, 0.6) is 0 Å². The maximum Gasteiger partial charge on any atom is 1.00 e. The van der Waals surface area contributed by atoms with Crippen molar-refractivity contribution < 1.29 is 73.5 Å². The van der Waals surface area contributed by atoms with Crippen molar-refractivity contribution in [2.24, 2.45) is 0 Å². The van der Waals surface area contributed by atoms with E-state index in [1.807, 2.05) is 0 Å². The molecule has 0 fully saturated rings. The topological polar surface area (TPSA) is 63.2 Å². The molecule has 0 bridgehead atoms. The van der Waals surface area contributed by atoms with Crippen LogP contribution in [0.4, 0.5) is 0 Å². The van der Waals surface area contributed by atoms with Gasteiger partial charge < -0.3 is 14.4 Å². The molecule has 0 aliphatic heterocycles. The zero-order valence-electron chi connectivity index (χ0n) is 8.29. The van der Waals surface area contributed by atoms with Crippen LogP contribution in [0, 0.1) is 0 Å². The van der Waals surface area contributed by atoms with E-state index in [-0.39, 0.29) is 65.3 Å². The summed E-state index contributed by atoms with van der Waals surface area (Å²) in [4.78, 5) is 20.3. The molecule has 0 unspecified atom stereocenters. The molecule has 68 valence electrons. The fourth-order valence-corrected chi connectivity index (χ4v) is 1.76. The van der Waals surface area contributed by atoms with Crippen molar-refractivity contribution in [1.82, 2.24) is 0 Å². The molecule has 0 aromatic carbocycles. The zero-order valence-corrected chi connectivity index (χ0v) is 14.8. The smallest absolute Gasteiger partial charge is 0.811 e. The van der Waals surface area contributed by atoms with Gasteiger partial charge in [0.25, 0.3) is 0 Å².